The molecule has 1 unspecified atom stereocenters. The molecule has 2 aromatic rings. The molecule has 0 bridgehead atoms. The highest BCUT2D eigenvalue weighted by molar-refractivity contribution is 5.87. The second kappa shape index (κ2) is 5.89. The van der Waals surface area contributed by atoms with Gasteiger partial charge in [0.1, 0.15) is 5.58 Å². The number of nitrogens with two attached hydrogens (primary N) is 1. The minimum absolute atomic E-state index is 0.0897. The molecule has 102 valence electrons. The summed E-state index contributed by atoms with van der Waals surface area (Å²) < 4.78 is 5.44. The molecule has 0 fully saturated rings. The minimum atomic E-state index is 0.0897. The Morgan fingerprint density at radius 2 is 2.16 bits per heavy atom. The summed E-state index contributed by atoms with van der Waals surface area (Å²) in [6.45, 7) is 3.31. The highest BCUT2D eigenvalue weighted by atomic mass is 16.3. The van der Waals surface area contributed by atoms with Crippen molar-refractivity contribution < 1.29 is 9.21 Å². The van der Waals surface area contributed by atoms with Gasteiger partial charge in [-0.15, -0.1) is 0 Å². The second-order valence-electron chi connectivity index (χ2n) is 5.05. The van der Waals surface area contributed by atoms with Crippen molar-refractivity contribution in [1.82, 2.24) is 4.90 Å². The molecule has 1 amide bonds. The standard InChI is InChI=1S/C15H20N2O2/c1-11(8-16)9-17(2)15(18)7-12-10-19-14-6-4-3-5-13(12)14/h3-6,10-11H,7-9,16H2,1-2H3. The molecule has 1 aromatic carbocycles. The van der Waals surface area contributed by atoms with Crippen LogP contribution in [0, 0.1) is 5.92 Å². The fourth-order valence-corrected chi connectivity index (χ4v) is 2.11. The van der Waals surface area contributed by atoms with Crippen LogP contribution in [0.1, 0.15) is 12.5 Å². The first-order valence-corrected chi connectivity index (χ1v) is 6.51. The van der Waals surface area contributed by atoms with E-state index in [9.17, 15) is 4.79 Å². The van der Waals surface area contributed by atoms with Gasteiger partial charge in [-0.25, -0.2) is 0 Å². The number of furan rings is 1. The smallest absolute Gasteiger partial charge is 0.226 e. The molecule has 2 N–H and O–H groups in total. The number of hydrogen-bond acceptors (Lipinski definition) is 3. The van der Waals surface area contributed by atoms with Crippen LogP contribution >= 0.6 is 0 Å². The van der Waals surface area contributed by atoms with E-state index in [-0.39, 0.29) is 5.91 Å². The molecule has 1 heterocycles. The van der Waals surface area contributed by atoms with E-state index >= 15 is 0 Å². The SMILES string of the molecule is CC(CN)CN(C)C(=O)Cc1coc2ccccc12. The molecule has 19 heavy (non-hydrogen) atoms. The summed E-state index contributed by atoms with van der Waals surface area (Å²) in [6.07, 6.45) is 2.04. The van der Waals surface area contributed by atoms with Gasteiger partial charge in [0.25, 0.3) is 0 Å². The van der Waals surface area contributed by atoms with Gasteiger partial charge in [0.2, 0.25) is 5.91 Å². The Labute approximate surface area is 113 Å². The van der Waals surface area contributed by atoms with Gasteiger partial charge in [-0.1, -0.05) is 25.1 Å². The predicted molar refractivity (Wildman–Crippen MR) is 75.8 cm³/mol. The summed E-state index contributed by atoms with van der Waals surface area (Å²) in [6, 6.07) is 7.76. The van der Waals surface area contributed by atoms with Gasteiger partial charge in [0, 0.05) is 24.5 Å². The van der Waals surface area contributed by atoms with Crippen LogP contribution < -0.4 is 5.73 Å². The molecular weight excluding hydrogens is 240 g/mol. The van der Waals surface area contributed by atoms with Crippen molar-refractivity contribution in [1.29, 1.82) is 0 Å². The third-order valence-corrected chi connectivity index (χ3v) is 3.32. The molecule has 0 radical (unpaired) electrons. The molecule has 0 saturated carbocycles. The average molecular weight is 260 g/mol. The van der Waals surface area contributed by atoms with E-state index in [1.54, 1.807) is 11.2 Å². The van der Waals surface area contributed by atoms with Gasteiger partial charge in [-0.05, 0) is 18.5 Å². The van der Waals surface area contributed by atoms with Gasteiger partial charge in [0.05, 0.1) is 12.7 Å². The van der Waals surface area contributed by atoms with E-state index in [0.717, 1.165) is 16.5 Å². The Bertz CT molecular complexity index is 562. The Balaban J connectivity index is 2.06. The number of benzene rings is 1. The average Bonchev–Trinajstić information content (AvgIpc) is 2.82. The number of amides is 1. The lowest BCUT2D eigenvalue weighted by atomic mass is 10.1. The number of carbonyl (C=O) groups excluding carboxylic acids is 1. The van der Waals surface area contributed by atoms with Crippen molar-refractivity contribution in [2.45, 2.75) is 13.3 Å². The molecule has 0 aliphatic rings. The molecule has 1 aromatic heterocycles. The molecule has 4 heteroatoms. The maximum atomic E-state index is 12.1. The second-order valence-corrected chi connectivity index (χ2v) is 5.05. The summed E-state index contributed by atoms with van der Waals surface area (Å²) in [5, 5.41) is 1.01. The fraction of sp³-hybridized carbons (Fsp3) is 0.400. The van der Waals surface area contributed by atoms with Crippen molar-refractivity contribution >= 4 is 16.9 Å². The third kappa shape index (κ3) is 3.15. The third-order valence-electron chi connectivity index (χ3n) is 3.32. The maximum Gasteiger partial charge on any atom is 0.226 e. The maximum absolute atomic E-state index is 12.1. The normalized spacial score (nSPS) is 12.6. The summed E-state index contributed by atoms with van der Waals surface area (Å²) in [5.41, 5.74) is 7.34. The van der Waals surface area contributed by atoms with Crippen LogP contribution in [0.15, 0.2) is 34.9 Å². The molecule has 0 saturated heterocycles. The van der Waals surface area contributed by atoms with E-state index in [2.05, 4.69) is 0 Å². The monoisotopic (exact) mass is 260 g/mol. The lowest BCUT2D eigenvalue weighted by Crippen LogP contribution is -2.34. The lowest BCUT2D eigenvalue weighted by Gasteiger charge is -2.20. The van der Waals surface area contributed by atoms with Gasteiger partial charge in [-0.3, -0.25) is 4.79 Å². The molecule has 0 spiro atoms. The Morgan fingerprint density at radius 3 is 2.89 bits per heavy atom. The molecule has 1 atom stereocenters. The number of hydrogen-bond donors (Lipinski definition) is 1. The van der Waals surface area contributed by atoms with Crippen LogP contribution in [0.5, 0.6) is 0 Å². The van der Waals surface area contributed by atoms with Crippen LogP contribution in [0.2, 0.25) is 0 Å². The Kier molecular flexibility index (Phi) is 4.22. The van der Waals surface area contributed by atoms with Crippen LogP contribution in [-0.2, 0) is 11.2 Å². The number of rotatable bonds is 5. The topological polar surface area (TPSA) is 59.5 Å². The van der Waals surface area contributed by atoms with Gasteiger partial charge >= 0.3 is 0 Å². The highest BCUT2D eigenvalue weighted by Crippen LogP contribution is 2.21. The van der Waals surface area contributed by atoms with E-state index in [4.69, 9.17) is 10.2 Å². The predicted octanol–water partition coefficient (Wildman–Crippen LogP) is 2.03. The summed E-state index contributed by atoms with van der Waals surface area (Å²) in [5.74, 6) is 0.405. The summed E-state index contributed by atoms with van der Waals surface area (Å²) in [4.78, 5) is 13.9. The van der Waals surface area contributed by atoms with Crippen molar-refractivity contribution in [2.24, 2.45) is 11.7 Å². The number of carbonyl (C=O) groups is 1. The molecule has 2 rings (SSSR count). The first kappa shape index (κ1) is 13.6. The van der Waals surface area contributed by atoms with Crippen LogP contribution in [-0.4, -0.2) is 30.9 Å². The van der Waals surface area contributed by atoms with Crippen molar-refractivity contribution in [3.8, 4) is 0 Å². The van der Waals surface area contributed by atoms with E-state index in [1.807, 2.05) is 38.2 Å². The Hall–Kier alpha value is -1.81. The van der Waals surface area contributed by atoms with Crippen molar-refractivity contribution in [3.63, 3.8) is 0 Å². The van der Waals surface area contributed by atoms with Crippen LogP contribution in [0.4, 0.5) is 0 Å². The first-order chi connectivity index (χ1) is 9.11. The molecule has 4 nitrogen and oxygen atoms in total. The number of para-hydroxylation sites is 1. The first-order valence-electron chi connectivity index (χ1n) is 6.51. The molecular formula is C15H20N2O2. The van der Waals surface area contributed by atoms with Gasteiger partial charge in [0.15, 0.2) is 0 Å². The zero-order valence-corrected chi connectivity index (χ0v) is 11.4. The summed E-state index contributed by atoms with van der Waals surface area (Å²) >= 11 is 0. The quantitative estimate of drug-likeness (QED) is 0.894. The molecule has 0 aliphatic heterocycles. The van der Waals surface area contributed by atoms with E-state index in [1.165, 1.54) is 0 Å². The number of nitrogens with zero attached hydrogens (tertiary/aromatic N) is 1. The van der Waals surface area contributed by atoms with Gasteiger partial charge in [-0.2, -0.15) is 0 Å². The number of fused-ring (bicyclic) bond motifs is 1. The minimum Gasteiger partial charge on any atom is -0.464 e. The fourth-order valence-electron chi connectivity index (χ4n) is 2.11. The zero-order chi connectivity index (χ0) is 13.8. The van der Waals surface area contributed by atoms with Gasteiger partial charge < -0.3 is 15.1 Å². The largest absolute Gasteiger partial charge is 0.464 e. The summed E-state index contributed by atoms with van der Waals surface area (Å²) in [7, 11) is 1.82. The number of likely N-dealkylation sites (N-methyl/N-ethyl adjacent to an activating group) is 1. The van der Waals surface area contributed by atoms with Crippen LogP contribution in [0.3, 0.4) is 0 Å². The Morgan fingerprint density at radius 1 is 1.42 bits per heavy atom. The van der Waals surface area contributed by atoms with Crippen molar-refractivity contribution in [3.05, 3.63) is 36.1 Å². The zero-order valence-electron chi connectivity index (χ0n) is 11.4. The lowest BCUT2D eigenvalue weighted by molar-refractivity contribution is -0.129. The molecule has 0 aliphatic carbocycles. The van der Waals surface area contributed by atoms with E-state index in [0.29, 0.717) is 25.4 Å². The van der Waals surface area contributed by atoms with Crippen LogP contribution in [0.25, 0.3) is 11.0 Å². The van der Waals surface area contributed by atoms with Crippen molar-refractivity contribution in [2.75, 3.05) is 20.1 Å². The van der Waals surface area contributed by atoms with E-state index < -0.39 is 0 Å². The highest BCUT2D eigenvalue weighted by Gasteiger charge is 2.15.